The second-order valence-corrected chi connectivity index (χ2v) is 8.63. The Morgan fingerprint density at radius 2 is 1.65 bits per heavy atom. The highest BCUT2D eigenvalue weighted by Crippen LogP contribution is 2.46. The molecule has 1 amide bonds. The summed E-state index contributed by atoms with van der Waals surface area (Å²) < 4.78 is 18.1. The van der Waals surface area contributed by atoms with E-state index < -0.39 is 23.8 Å². The van der Waals surface area contributed by atoms with Gasteiger partial charge in [0.15, 0.2) is 17.4 Å². The number of amides is 1. The number of carbonyl (C=O) groups excluding carboxylic acids is 2. The molecule has 0 saturated heterocycles. The first-order valence-corrected chi connectivity index (χ1v) is 11.9. The lowest BCUT2D eigenvalue weighted by Crippen LogP contribution is -2.49. The third kappa shape index (κ3) is 4.12. The van der Waals surface area contributed by atoms with Crippen molar-refractivity contribution in [2.45, 2.75) is 19.5 Å². The van der Waals surface area contributed by atoms with E-state index in [1.165, 1.54) is 19.1 Å². The molecule has 0 aliphatic carbocycles. The summed E-state index contributed by atoms with van der Waals surface area (Å²) in [6, 6.07) is 19.4. The number of anilines is 1. The Balaban J connectivity index is 1.79. The van der Waals surface area contributed by atoms with Crippen molar-refractivity contribution in [1.82, 2.24) is 9.55 Å². The van der Waals surface area contributed by atoms with Gasteiger partial charge in [-0.1, -0.05) is 42.5 Å². The van der Waals surface area contributed by atoms with E-state index in [1.807, 2.05) is 59.2 Å². The maximum absolute atomic E-state index is 14.1. The van der Waals surface area contributed by atoms with E-state index in [9.17, 15) is 14.7 Å². The number of ether oxygens (including phenoxy) is 3. The maximum atomic E-state index is 14.1. The second-order valence-electron chi connectivity index (χ2n) is 8.63. The zero-order valence-electron chi connectivity index (χ0n) is 20.7. The molecule has 1 aliphatic rings. The third-order valence-corrected chi connectivity index (χ3v) is 6.51. The highest BCUT2D eigenvalue weighted by atomic mass is 16.5. The number of rotatable bonds is 7. The summed E-state index contributed by atoms with van der Waals surface area (Å²) in [6.07, 6.45) is 0. The molecular formula is C28H27N3O6. The van der Waals surface area contributed by atoms with Gasteiger partial charge in [0.2, 0.25) is 17.6 Å². The van der Waals surface area contributed by atoms with E-state index in [-0.39, 0.29) is 30.4 Å². The molecule has 3 aromatic carbocycles. The molecule has 0 saturated carbocycles. The van der Waals surface area contributed by atoms with E-state index >= 15 is 0 Å². The number of aromatic nitrogens is 2. The SMILES string of the molecule is CCOC(=O)C1C(=O)N(Cc2ccccc2)c2nc3ccccc3n2C1c1cc(OC)c(O)c(OC)c1. The van der Waals surface area contributed by atoms with Gasteiger partial charge in [-0.2, -0.15) is 0 Å². The predicted octanol–water partition coefficient (Wildman–Crippen LogP) is 4.07. The van der Waals surface area contributed by atoms with Crippen LogP contribution in [-0.4, -0.2) is 47.4 Å². The molecule has 0 bridgehead atoms. The molecule has 0 radical (unpaired) electrons. The highest BCUT2D eigenvalue weighted by molar-refractivity contribution is 6.08. The van der Waals surface area contributed by atoms with Crippen LogP contribution in [0, 0.1) is 5.92 Å². The fourth-order valence-electron chi connectivity index (χ4n) is 4.85. The Kier molecular flexibility index (Phi) is 6.43. The Morgan fingerprint density at radius 1 is 1.00 bits per heavy atom. The lowest BCUT2D eigenvalue weighted by atomic mass is 9.88. The van der Waals surface area contributed by atoms with E-state index in [4.69, 9.17) is 19.2 Å². The number of nitrogens with zero attached hydrogens (tertiary/aromatic N) is 3. The first-order chi connectivity index (χ1) is 18.0. The molecule has 9 heteroatoms. The van der Waals surface area contributed by atoms with Crippen molar-refractivity contribution in [3.05, 3.63) is 77.9 Å². The summed E-state index contributed by atoms with van der Waals surface area (Å²) in [5, 5.41) is 10.5. The lowest BCUT2D eigenvalue weighted by Gasteiger charge is -2.38. The number of phenolic OH excluding ortho intramolecular Hbond substituents is 1. The molecule has 4 aromatic rings. The smallest absolute Gasteiger partial charge is 0.321 e. The minimum atomic E-state index is -1.22. The summed E-state index contributed by atoms with van der Waals surface area (Å²) in [7, 11) is 2.85. The number of phenols is 1. The highest BCUT2D eigenvalue weighted by Gasteiger charge is 2.48. The van der Waals surface area contributed by atoms with Crippen molar-refractivity contribution in [2.75, 3.05) is 25.7 Å². The Hall–Kier alpha value is -4.53. The standard InChI is InChI=1S/C28H27N3O6/c1-4-37-27(34)23-24(18-14-21(35-2)25(32)22(15-18)36-3)31-20-13-9-8-12-19(20)29-28(31)30(26(23)33)16-17-10-6-5-7-11-17/h5-15,23-24,32H,4,16H2,1-3H3. The average molecular weight is 502 g/mol. The number of methoxy groups -OCH3 is 2. The number of esters is 1. The van der Waals surface area contributed by atoms with Gasteiger partial charge in [0.1, 0.15) is 0 Å². The summed E-state index contributed by atoms with van der Waals surface area (Å²) in [5.41, 5.74) is 2.84. The van der Waals surface area contributed by atoms with Crippen LogP contribution in [0.3, 0.4) is 0 Å². The van der Waals surface area contributed by atoms with Crippen LogP contribution in [0.5, 0.6) is 17.2 Å². The van der Waals surface area contributed by atoms with Gasteiger partial charge in [0.25, 0.3) is 0 Å². The van der Waals surface area contributed by atoms with Gasteiger partial charge in [-0.3, -0.25) is 14.5 Å². The lowest BCUT2D eigenvalue weighted by molar-refractivity contribution is -0.153. The molecule has 0 spiro atoms. The van der Waals surface area contributed by atoms with Crippen LogP contribution in [-0.2, 0) is 20.9 Å². The topological polar surface area (TPSA) is 103 Å². The van der Waals surface area contributed by atoms with Gasteiger partial charge in [-0.25, -0.2) is 4.98 Å². The number of hydrogen-bond acceptors (Lipinski definition) is 7. The number of imidazole rings is 1. The average Bonchev–Trinajstić information content (AvgIpc) is 3.30. The zero-order chi connectivity index (χ0) is 26.1. The van der Waals surface area contributed by atoms with E-state index in [0.717, 1.165) is 11.1 Å². The summed E-state index contributed by atoms with van der Waals surface area (Å²) in [6.45, 7) is 2.05. The number of benzene rings is 3. The van der Waals surface area contributed by atoms with Crippen LogP contribution < -0.4 is 14.4 Å². The molecule has 37 heavy (non-hydrogen) atoms. The Labute approximate surface area is 213 Å². The van der Waals surface area contributed by atoms with Crippen LogP contribution >= 0.6 is 0 Å². The number of aromatic hydroxyl groups is 1. The minimum absolute atomic E-state index is 0.119. The minimum Gasteiger partial charge on any atom is -0.502 e. The van der Waals surface area contributed by atoms with Crippen LogP contribution in [0.1, 0.15) is 24.1 Å². The largest absolute Gasteiger partial charge is 0.502 e. The van der Waals surface area contributed by atoms with Gasteiger partial charge in [0, 0.05) is 0 Å². The van der Waals surface area contributed by atoms with Crippen LogP contribution in [0.4, 0.5) is 5.95 Å². The number of para-hydroxylation sites is 2. The monoisotopic (exact) mass is 501 g/mol. The van der Waals surface area contributed by atoms with Crippen molar-refractivity contribution >= 4 is 28.9 Å². The molecule has 190 valence electrons. The summed E-state index contributed by atoms with van der Waals surface area (Å²) in [5.74, 6) is -1.75. The summed E-state index contributed by atoms with van der Waals surface area (Å²) >= 11 is 0. The summed E-state index contributed by atoms with van der Waals surface area (Å²) in [4.78, 5) is 33.9. The molecule has 5 rings (SSSR count). The first kappa shape index (κ1) is 24.2. The van der Waals surface area contributed by atoms with Crippen molar-refractivity contribution in [2.24, 2.45) is 5.92 Å². The molecular weight excluding hydrogens is 474 g/mol. The first-order valence-electron chi connectivity index (χ1n) is 11.9. The molecule has 1 aliphatic heterocycles. The van der Waals surface area contributed by atoms with Gasteiger partial charge >= 0.3 is 5.97 Å². The zero-order valence-corrected chi connectivity index (χ0v) is 20.7. The van der Waals surface area contributed by atoms with Gasteiger partial charge in [-0.05, 0) is 42.3 Å². The molecule has 1 aromatic heterocycles. The quantitative estimate of drug-likeness (QED) is 0.301. The second kappa shape index (κ2) is 9.85. The Morgan fingerprint density at radius 3 is 2.30 bits per heavy atom. The predicted molar refractivity (Wildman–Crippen MR) is 137 cm³/mol. The van der Waals surface area contributed by atoms with Crippen LogP contribution in [0.15, 0.2) is 66.7 Å². The maximum Gasteiger partial charge on any atom is 0.321 e. The van der Waals surface area contributed by atoms with E-state index in [0.29, 0.717) is 17.0 Å². The molecule has 2 heterocycles. The molecule has 0 fully saturated rings. The number of hydrogen-bond donors (Lipinski definition) is 1. The van der Waals surface area contributed by atoms with Crippen LogP contribution in [0.2, 0.25) is 0 Å². The van der Waals surface area contributed by atoms with E-state index in [1.54, 1.807) is 19.1 Å². The normalized spacial score (nSPS) is 16.9. The van der Waals surface area contributed by atoms with Crippen molar-refractivity contribution in [1.29, 1.82) is 0 Å². The third-order valence-electron chi connectivity index (χ3n) is 6.51. The van der Waals surface area contributed by atoms with Gasteiger partial charge in [0.05, 0.1) is 44.4 Å². The van der Waals surface area contributed by atoms with Crippen molar-refractivity contribution in [3.63, 3.8) is 0 Å². The molecule has 9 nitrogen and oxygen atoms in total. The van der Waals surface area contributed by atoms with Crippen molar-refractivity contribution < 1.29 is 28.9 Å². The molecule has 2 unspecified atom stereocenters. The fraction of sp³-hybridized carbons (Fsp3) is 0.250. The number of carbonyl (C=O) groups is 2. The van der Waals surface area contributed by atoms with Crippen molar-refractivity contribution in [3.8, 4) is 17.2 Å². The van der Waals surface area contributed by atoms with E-state index in [2.05, 4.69) is 0 Å². The fourth-order valence-corrected chi connectivity index (χ4v) is 4.85. The van der Waals surface area contributed by atoms with Gasteiger partial charge in [-0.15, -0.1) is 0 Å². The Bertz CT molecular complexity index is 1440. The van der Waals surface area contributed by atoms with Gasteiger partial charge < -0.3 is 23.9 Å². The molecule has 1 N–H and O–H groups in total. The van der Waals surface area contributed by atoms with Crippen LogP contribution in [0.25, 0.3) is 11.0 Å². The molecule has 2 atom stereocenters. The number of fused-ring (bicyclic) bond motifs is 3.